The van der Waals surface area contributed by atoms with Crippen LogP contribution in [0.15, 0.2) is 0 Å². The highest BCUT2D eigenvalue weighted by atomic mass is 16.6. The molecule has 0 aromatic rings. The van der Waals surface area contributed by atoms with Crippen molar-refractivity contribution in [2.24, 2.45) is 5.92 Å². The first-order valence-corrected chi connectivity index (χ1v) is 18.0. The van der Waals surface area contributed by atoms with E-state index in [-0.39, 0.29) is 25.1 Å². The Kier molecular flexibility index (Phi) is 39.1. The number of nitrogens with one attached hydrogen (secondary N) is 1. The van der Waals surface area contributed by atoms with Crippen molar-refractivity contribution in [3.8, 4) is 0 Å². The van der Waals surface area contributed by atoms with E-state index in [1.807, 2.05) is 6.92 Å². The Morgan fingerprint density at radius 2 is 0.843 bits per heavy atom. The van der Waals surface area contributed by atoms with Crippen molar-refractivity contribution < 1.29 is 76.3 Å². The smallest absolute Gasteiger partial charge is 0.329 e. The van der Waals surface area contributed by atoms with Crippen LogP contribution in [0.25, 0.3) is 0 Å². The summed E-state index contributed by atoms with van der Waals surface area (Å²) in [6.45, 7) is 12.7. The van der Waals surface area contributed by atoms with Gasteiger partial charge in [-0.1, -0.05) is 26.7 Å². The number of ether oxygens (including phenoxy) is 12. The standard InChI is InChI=1S/C34H65NO16/c1-3-5-6-31(4-2)34(39)51-28-27-49-26-25-48-24-23-47-22-21-46-20-19-45-18-17-44-16-15-43-14-13-42-12-11-41-10-9-40-8-7-35-32(36)29-50-30-33(37)38/h31H,3-30H2,1-2H3,(H,35,36)(H,37,38). The molecule has 0 aliphatic carbocycles. The van der Waals surface area contributed by atoms with Crippen molar-refractivity contribution >= 4 is 17.8 Å². The fourth-order valence-corrected chi connectivity index (χ4v) is 3.88. The predicted molar refractivity (Wildman–Crippen MR) is 184 cm³/mol. The number of hydrogen-bond donors (Lipinski definition) is 2. The summed E-state index contributed by atoms with van der Waals surface area (Å²) in [6.07, 6.45) is 3.80. The molecule has 17 nitrogen and oxygen atoms in total. The minimum atomic E-state index is -1.13. The van der Waals surface area contributed by atoms with Crippen molar-refractivity contribution in [2.45, 2.75) is 39.5 Å². The SMILES string of the molecule is CCCCC(CC)C(=O)OCCOCCOCCOCCOCCOCCOCCOCCOCCOCCOCCNC(=O)COCC(=O)O. The molecule has 302 valence electrons. The molecule has 1 atom stereocenters. The quantitative estimate of drug-likeness (QED) is 0.0667. The van der Waals surface area contributed by atoms with Gasteiger partial charge >= 0.3 is 11.9 Å². The van der Waals surface area contributed by atoms with E-state index in [1.54, 1.807) is 0 Å². The van der Waals surface area contributed by atoms with Crippen LogP contribution >= 0.6 is 0 Å². The van der Waals surface area contributed by atoms with E-state index in [4.69, 9.17) is 57.2 Å². The zero-order valence-corrected chi connectivity index (χ0v) is 30.9. The number of unbranched alkanes of at least 4 members (excludes halogenated alkanes) is 1. The van der Waals surface area contributed by atoms with Gasteiger partial charge in [0.25, 0.3) is 0 Å². The number of rotatable bonds is 42. The van der Waals surface area contributed by atoms with Gasteiger partial charge in [-0.25, -0.2) is 4.79 Å². The molecule has 17 heteroatoms. The van der Waals surface area contributed by atoms with E-state index in [2.05, 4.69) is 17.0 Å². The average molecular weight is 744 g/mol. The molecule has 0 aromatic heterocycles. The van der Waals surface area contributed by atoms with Crippen molar-refractivity contribution in [3.63, 3.8) is 0 Å². The highest BCUT2D eigenvalue weighted by molar-refractivity contribution is 5.77. The molecule has 0 aliphatic rings. The van der Waals surface area contributed by atoms with Crippen LogP contribution in [0.2, 0.25) is 0 Å². The van der Waals surface area contributed by atoms with Crippen LogP contribution in [0, 0.1) is 5.92 Å². The van der Waals surface area contributed by atoms with Gasteiger partial charge in [0.05, 0.1) is 138 Å². The Morgan fingerprint density at radius 3 is 1.18 bits per heavy atom. The minimum absolute atomic E-state index is 0.0128. The summed E-state index contributed by atoms with van der Waals surface area (Å²) >= 11 is 0. The van der Waals surface area contributed by atoms with E-state index in [9.17, 15) is 14.4 Å². The van der Waals surface area contributed by atoms with Gasteiger partial charge in [0.15, 0.2) is 0 Å². The van der Waals surface area contributed by atoms with Crippen LogP contribution in [0.1, 0.15) is 39.5 Å². The number of aliphatic carboxylic acids is 1. The Bertz CT molecular complexity index is 779. The van der Waals surface area contributed by atoms with Gasteiger partial charge in [0.1, 0.15) is 19.8 Å². The molecule has 0 aliphatic heterocycles. The summed E-state index contributed by atoms with van der Waals surface area (Å²) in [5.74, 6) is -1.67. The Balaban J connectivity index is 3.17. The maximum absolute atomic E-state index is 12.0. The van der Waals surface area contributed by atoms with Gasteiger partial charge in [-0.2, -0.15) is 0 Å². The summed E-state index contributed by atoms with van der Waals surface area (Å²) in [7, 11) is 0. The zero-order chi connectivity index (χ0) is 37.3. The molecule has 0 aromatic carbocycles. The monoisotopic (exact) mass is 743 g/mol. The van der Waals surface area contributed by atoms with E-state index >= 15 is 0 Å². The van der Waals surface area contributed by atoms with Crippen molar-refractivity contribution in [2.75, 3.05) is 159 Å². The van der Waals surface area contributed by atoms with Gasteiger partial charge in [-0.15, -0.1) is 0 Å². The molecular weight excluding hydrogens is 678 g/mol. The zero-order valence-electron chi connectivity index (χ0n) is 30.9. The molecule has 0 radical (unpaired) electrons. The van der Waals surface area contributed by atoms with Crippen molar-refractivity contribution in [1.29, 1.82) is 0 Å². The second-order valence-electron chi connectivity index (χ2n) is 10.8. The van der Waals surface area contributed by atoms with Crippen molar-refractivity contribution in [1.82, 2.24) is 5.32 Å². The third-order valence-electron chi connectivity index (χ3n) is 6.58. The summed E-state index contributed by atoms with van der Waals surface area (Å²) < 4.78 is 64.3. The van der Waals surface area contributed by atoms with E-state index in [0.717, 1.165) is 25.7 Å². The number of carbonyl (C=O) groups excluding carboxylic acids is 2. The third kappa shape index (κ3) is 39.0. The number of hydrogen-bond acceptors (Lipinski definition) is 15. The van der Waals surface area contributed by atoms with Crippen molar-refractivity contribution in [3.05, 3.63) is 0 Å². The van der Waals surface area contributed by atoms with Gasteiger partial charge in [-0.05, 0) is 12.8 Å². The summed E-state index contributed by atoms with van der Waals surface area (Å²) in [5.41, 5.74) is 0. The predicted octanol–water partition coefficient (Wildman–Crippen LogP) is 1.13. The molecule has 0 fully saturated rings. The molecule has 51 heavy (non-hydrogen) atoms. The van der Waals surface area contributed by atoms with Crippen LogP contribution in [0.4, 0.5) is 0 Å². The van der Waals surface area contributed by atoms with Crippen LogP contribution in [-0.4, -0.2) is 181 Å². The fourth-order valence-electron chi connectivity index (χ4n) is 3.88. The molecule has 0 saturated carbocycles. The van der Waals surface area contributed by atoms with Gasteiger partial charge in [-0.3, -0.25) is 9.59 Å². The third-order valence-corrected chi connectivity index (χ3v) is 6.58. The number of amides is 1. The van der Waals surface area contributed by atoms with Gasteiger partial charge in [0, 0.05) is 6.54 Å². The molecule has 0 bridgehead atoms. The average Bonchev–Trinajstić information content (AvgIpc) is 3.11. The first kappa shape index (κ1) is 49.0. The Hall–Kier alpha value is -2.03. The molecule has 0 rings (SSSR count). The van der Waals surface area contributed by atoms with Crippen LogP contribution in [-0.2, 0) is 71.2 Å². The molecule has 2 N–H and O–H groups in total. The lowest BCUT2D eigenvalue weighted by Gasteiger charge is -2.13. The number of esters is 1. The summed E-state index contributed by atoms with van der Waals surface area (Å²) in [6, 6.07) is 0. The van der Waals surface area contributed by atoms with Crippen LogP contribution in [0.5, 0.6) is 0 Å². The summed E-state index contributed by atoms with van der Waals surface area (Å²) in [4.78, 5) is 33.7. The molecule has 0 heterocycles. The lowest BCUT2D eigenvalue weighted by atomic mass is 10.00. The molecule has 0 spiro atoms. The first-order chi connectivity index (χ1) is 25.0. The summed E-state index contributed by atoms with van der Waals surface area (Å²) in [5, 5.41) is 11.0. The van der Waals surface area contributed by atoms with E-state index in [1.165, 1.54) is 0 Å². The molecule has 0 saturated heterocycles. The highest BCUT2D eigenvalue weighted by Crippen LogP contribution is 2.14. The minimum Gasteiger partial charge on any atom is -0.480 e. The van der Waals surface area contributed by atoms with Gasteiger partial charge < -0.3 is 67.3 Å². The molecule has 1 amide bonds. The fraction of sp³-hybridized carbons (Fsp3) is 0.912. The second kappa shape index (κ2) is 40.7. The Morgan fingerprint density at radius 1 is 0.490 bits per heavy atom. The van der Waals surface area contributed by atoms with E-state index in [0.29, 0.717) is 139 Å². The number of carboxylic acids is 1. The number of carboxylic acid groups (broad SMARTS) is 1. The normalized spacial score (nSPS) is 11.9. The number of carbonyl (C=O) groups is 3. The lowest BCUT2D eigenvalue weighted by Crippen LogP contribution is -2.31. The van der Waals surface area contributed by atoms with Crippen LogP contribution in [0.3, 0.4) is 0 Å². The topological polar surface area (TPSA) is 194 Å². The molecular formula is C34H65NO16. The second-order valence-corrected chi connectivity index (χ2v) is 10.8. The molecule has 1 unspecified atom stereocenters. The first-order valence-electron chi connectivity index (χ1n) is 18.0. The van der Waals surface area contributed by atoms with Crippen LogP contribution < -0.4 is 5.32 Å². The Labute approximate surface area is 303 Å². The lowest BCUT2D eigenvalue weighted by molar-refractivity contribution is -0.150. The highest BCUT2D eigenvalue weighted by Gasteiger charge is 2.17. The maximum atomic E-state index is 12.0. The largest absolute Gasteiger partial charge is 0.480 e. The maximum Gasteiger partial charge on any atom is 0.329 e. The van der Waals surface area contributed by atoms with E-state index < -0.39 is 18.5 Å². The van der Waals surface area contributed by atoms with Gasteiger partial charge in [0.2, 0.25) is 5.91 Å².